The van der Waals surface area contributed by atoms with Crippen LogP contribution in [0.15, 0.2) is 47.6 Å². The number of hydrogen-bond acceptors (Lipinski definition) is 9. The summed E-state index contributed by atoms with van der Waals surface area (Å²) in [7, 11) is 1.76. The van der Waals surface area contributed by atoms with E-state index in [0.29, 0.717) is 34.8 Å². The van der Waals surface area contributed by atoms with E-state index in [9.17, 15) is 13.2 Å². The Kier molecular flexibility index (Phi) is 9.08. The van der Waals surface area contributed by atoms with Crippen molar-refractivity contribution >= 4 is 34.4 Å². The summed E-state index contributed by atoms with van der Waals surface area (Å²) in [5.74, 6) is 1.21. The molecule has 1 aromatic heterocycles. The molecule has 2 N–H and O–H groups in total. The van der Waals surface area contributed by atoms with Gasteiger partial charge in [0.25, 0.3) is 0 Å². The topological polar surface area (TPSA) is 80.8 Å². The van der Waals surface area contributed by atoms with Gasteiger partial charge in [-0.3, -0.25) is 9.62 Å². The highest BCUT2D eigenvalue weighted by Gasteiger charge is 2.29. The molecule has 12 heteroatoms. The van der Waals surface area contributed by atoms with Crippen molar-refractivity contribution in [1.82, 2.24) is 19.6 Å². The van der Waals surface area contributed by atoms with Crippen LogP contribution in [0.5, 0.6) is 11.5 Å². The molecule has 0 unspecified atom stereocenters. The minimum atomic E-state index is -4.45. The van der Waals surface area contributed by atoms with E-state index in [0.717, 1.165) is 44.2 Å². The Morgan fingerprint density at radius 1 is 1.08 bits per heavy atom. The molecule has 8 nitrogen and oxygen atoms in total. The second-order valence-electron chi connectivity index (χ2n) is 8.05. The fraction of sp³-hybridized carbons (Fsp3) is 0.417. The summed E-state index contributed by atoms with van der Waals surface area (Å²) >= 11 is 1.33. The lowest BCUT2D eigenvalue weighted by Gasteiger charge is -2.26. The first-order chi connectivity index (χ1) is 17.4. The molecule has 2 aromatic carbocycles. The second kappa shape index (κ2) is 12.4. The molecule has 2 heterocycles. The molecule has 3 aromatic rings. The van der Waals surface area contributed by atoms with Crippen LogP contribution in [-0.4, -0.2) is 74.2 Å². The van der Waals surface area contributed by atoms with Gasteiger partial charge in [-0.25, -0.2) is 9.97 Å². The molecule has 194 valence electrons. The third kappa shape index (κ3) is 7.60. The van der Waals surface area contributed by atoms with E-state index in [1.165, 1.54) is 24.3 Å². The van der Waals surface area contributed by atoms with Crippen molar-refractivity contribution in [3.63, 3.8) is 0 Å². The minimum absolute atomic E-state index is 0.0692. The van der Waals surface area contributed by atoms with Gasteiger partial charge < -0.3 is 19.5 Å². The Morgan fingerprint density at radius 2 is 1.92 bits per heavy atom. The number of nitrogens with one attached hydrogen (secondary N) is 2. The van der Waals surface area contributed by atoms with Crippen LogP contribution in [0.1, 0.15) is 6.42 Å². The lowest BCUT2D eigenvalue weighted by molar-refractivity contribution is -0.153. The van der Waals surface area contributed by atoms with E-state index >= 15 is 0 Å². The van der Waals surface area contributed by atoms with Gasteiger partial charge in [0.2, 0.25) is 0 Å². The fourth-order valence-corrected chi connectivity index (χ4v) is 4.28. The smallest absolute Gasteiger partial charge is 0.422 e. The molecular formula is C24H28F3N5O3S. The molecule has 4 rings (SSSR count). The maximum Gasteiger partial charge on any atom is 0.422 e. The lowest BCUT2D eigenvalue weighted by Crippen LogP contribution is -2.37. The molecule has 0 amide bonds. The number of nitrogens with zero attached hydrogens (tertiary/aromatic N) is 3. The third-order valence-corrected chi connectivity index (χ3v) is 6.11. The van der Waals surface area contributed by atoms with Crippen LogP contribution in [0.3, 0.4) is 0 Å². The molecule has 36 heavy (non-hydrogen) atoms. The van der Waals surface area contributed by atoms with Gasteiger partial charge in [0, 0.05) is 36.0 Å². The standard InChI is InChI=1S/C24H28F3N5O3S/c1-28-36-18-4-6-22(35-15-24(25,26)27)21(14-18)31-23-19-5-3-17(13-20(19)29-16-30-23)34-10-2-7-32-8-11-33-12-9-32/h3-6,13-14,16,28H,2,7-12,15H2,1H3,(H,29,30,31). The van der Waals surface area contributed by atoms with E-state index in [1.807, 2.05) is 18.2 Å². The van der Waals surface area contributed by atoms with E-state index in [1.54, 1.807) is 19.2 Å². The van der Waals surface area contributed by atoms with Crippen LogP contribution in [0.25, 0.3) is 10.9 Å². The van der Waals surface area contributed by atoms with Crippen LogP contribution in [0.2, 0.25) is 0 Å². The fourth-order valence-electron chi connectivity index (χ4n) is 3.73. The average Bonchev–Trinajstić information content (AvgIpc) is 2.86. The quantitative estimate of drug-likeness (QED) is 0.276. The third-order valence-electron chi connectivity index (χ3n) is 5.41. The van der Waals surface area contributed by atoms with Crippen molar-refractivity contribution in [2.24, 2.45) is 0 Å². The van der Waals surface area contributed by atoms with Crippen LogP contribution in [0.4, 0.5) is 24.7 Å². The van der Waals surface area contributed by atoms with E-state index in [-0.39, 0.29) is 5.75 Å². The number of anilines is 2. The SMILES string of the molecule is CNSc1ccc(OCC(F)(F)F)c(Nc2ncnc3cc(OCCCN4CCOCC4)ccc23)c1. The normalized spacial score (nSPS) is 14.7. The van der Waals surface area contributed by atoms with E-state index < -0.39 is 12.8 Å². The molecule has 1 aliphatic heterocycles. The van der Waals surface area contributed by atoms with Gasteiger partial charge in [-0.2, -0.15) is 13.2 Å². The van der Waals surface area contributed by atoms with Gasteiger partial charge in [-0.05, 0) is 55.7 Å². The Hall–Kier alpha value is -2.80. The zero-order chi connectivity index (χ0) is 25.4. The first-order valence-electron chi connectivity index (χ1n) is 11.5. The minimum Gasteiger partial charge on any atom is -0.493 e. The number of aromatic nitrogens is 2. The molecule has 0 aliphatic carbocycles. The summed E-state index contributed by atoms with van der Waals surface area (Å²) in [6.07, 6.45) is -2.15. The number of alkyl halides is 3. The molecule has 0 atom stereocenters. The van der Waals surface area contributed by atoms with Crippen molar-refractivity contribution in [3.8, 4) is 11.5 Å². The van der Waals surface area contributed by atoms with Gasteiger partial charge in [0.15, 0.2) is 6.61 Å². The molecule has 1 fully saturated rings. The van der Waals surface area contributed by atoms with Crippen LogP contribution >= 0.6 is 11.9 Å². The second-order valence-corrected chi connectivity index (χ2v) is 9.13. The molecule has 0 bridgehead atoms. The monoisotopic (exact) mass is 523 g/mol. The number of hydrogen-bond donors (Lipinski definition) is 2. The van der Waals surface area contributed by atoms with Crippen LogP contribution < -0.4 is 19.5 Å². The zero-order valence-electron chi connectivity index (χ0n) is 19.8. The van der Waals surface area contributed by atoms with Crippen molar-refractivity contribution in [1.29, 1.82) is 0 Å². The Morgan fingerprint density at radius 3 is 2.69 bits per heavy atom. The number of morpholine rings is 1. The summed E-state index contributed by atoms with van der Waals surface area (Å²) < 4.78 is 57.5. The van der Waals surface area contributed by atoms with Crippen molar-refractivity contribution in [3.05, 3.63) is 42.7 Å². The van der Waals surface area contributed by atoms with Gasteiger partial charge >= 0.3 is 6.18 Å². The van der Waals surface area contributed by atoms with Gasteiger partial charge in [-0.15, -0.1) is 0 Å². The Balaban J connectivity index is 1.46. The molecule has 0 saturated carbocycles. The van der Waals surface area contributed by atoms with Gasteiger partial charge in [-0.1, -0.05) is 0 Å². The van der Waals surface area contributed by atoms with Gasteiger partial charge in [0.05, 0.1) is 31.0 Å². The highest BCUT2D eigenvalue weighted by molar-refractivity contribution is 7.97. The molecule has 1 saturated heterocycles. The number of halogens is 3. The summed E-state index contributed by atoms with van der Waals surface area (Å²) in [5, 5.41) is 3.82. The van der Waals surface area contributed by atoms with E-state index in [2.05, 4.69) is 24.9 Å². The highest BCUT2D eigenvalue weighted by Crippen LogP contribution is 2.34. The number of rotatable bonds is 11. The summed E-state index contributed by atoms with van der Waals surface area (Å²) in [5.41, 5.74) is 1.01. The van der Waals surface area contributed by atoms with Crippen molar-refractivity contribution in [2.75, 3.05) is 58.4 Å². The number of fused-ring (bicyclic) bond motifs is 1. The number of benzene rings is 2. The molecule has 0 spiro atoms. The van der Waals surface area contributed by atoms with Crippen LogP contribution in [-0.2, 0) is 4.74 Å². The predicted octanol–water partition coefficient (Wildman–Crippen LogP) is 4.64. The summed E-state index contributed by atoms with van der Waals surface area (Å²) in [4.78, 5) is 11.8. The Labute approximate surface area is 211 Å². The van der Waals surface area contributed by atoms with Gasteiger partial charge in [0.1, 0.15) is 23.6 Å². The number of ether oxygens (including phenoxy) is 3. The van der Waals surface area contributed by atoms with Crippen molar-refractivity contribution < 1.29 is 27.4 Å². The molecular weight excluding hydrogens is 495 g/mol. The van der Waals surface area contributed by atoms with Crippen molar-refractivity contribution in [2.45, 2.75) is 17.5 Å². The lowest BCUT2D eigenvalue weighted by atomic mass is 10.2. The largest absolute Gasteiger partial charge is 0.493 e. The first kappa shape index (κ1) is 26.3. The van der Waals surface area contributed by atoms with E-state index in [4.69, 9.17) is 14.2 Å². The molecule has 1 aliphatic rings. The Bertz CT molecular complexity index is 1150. The predicted molar refractivity (Wildman–Crippen MR) is 133 cm³/mol. The maximum atomic E-state index is 12.8. The first-order valence-corrected chi connectivity index (χ1v) is 12.3. The van der Waals surface area contributed by atoms with Crippen LogP contribution in [0, 0.1) is 0 Å². The average molecular weight is 524 g/mol. The maximum absolute atomic E-state index is 12.8. The summed E-state index contributed by atoms with van der Waals surface area (Å²) in [6, 6.07) is 10.4. The molecule has 0 radical (unpaired) electrons. The highest BCUT2D eigenvalue weighted by atomic mass is 32.2. The zero-order valence-corrected chi connectivity index (χ0v) is 20.6. The summed E-state index contributed by atoms with van der Waals surface area (Å²) in [6.45, 7) is 3.58.